The molecule has 3 rings (SSSR count). The molecule has 2 bridgehead atoms. The number of fused-ring (bicyclic) bond motifs is 2. The summed E-state index contributed by atoms with van der Waals surface area (Å²) in [4.78, 5) is 2.57. The van der Waals surface area contributed by atoms with Gasteiger partial charge in [0.25, 0.3) is 0 Å². The van der Waals surface area contributed by atoms with E-state index in [9.17, 15) is 0 Å². The SMILES string of the molecule is CN1C2CCC1CC(Nc1ccc(Cl)cc1)C2. The Balaban J connectivity index is 1.65. The molecule has 2 aliphatic rings. The number of anilines is 1. The summed E-state index contributed by atoms with van der Waals surface area (Å²) >= 11 is 5.90. The van der Waals surface area contributed by atoms with Gasteiger partial charge in [-0.1, -0.05) is 11.6 Å². The van der Waals surface area contributed by atoms with E-state index in [0.717, 1.165) is 17.1 Å². The first kappa shape index (κ1) is 11.4. The summed E-state index contributed by atoms with van der Waals surface area (Å²) in [7, 11) is 2.28. The van der Waals surface area contributed by atoms with Gasteiger partial charge in [0.15, 0.2) is 0 Å². The minimum atomic E-state index is 0.630. The van der Waals surface area contributed by atoms with E-state index in [1.165, 1.54) is 31.4 Å². The van der Waals surface area contributed by atoms with Crippen molar-refractivity contribution in [3.05, 3.63) is 29.3 Å². The van der Waals surface area contributed by atoms with Crippen LogP contribution in [0, 0.1) is 0 Å². The zero-order valence-electron chi connectivity index (χ0n) is 10.2. The molecule has 2 heterocycles. The van der Waals surface area contributed by atoms with Crippen LogP contribution in [0.5, 0.6) is 0 Å². The summed E-state index contributed by atoms with van der Waals surface area (Å²) in [6.07, 6.45) is 5.30. The van der Waals surface area contributed by atoms with E-state index in [1.54, 1.807) is 0 Å². The van der Waals surface area contributed by atoms with Gasteiger partial charge in [-0.15, -0.1) is 0 Å². The molecule has 92 valence electrons. The largest absolute Gasteiger partial charge is 0.382 e. The van der Waals surface area contributed by atoms with Gasteiger partial charge in [-0.05, 0) is 57.0 Å². The molecule has 0 spiro atoms. The van der Waals surface area contributed by atoms with Crippen LogP contribution in [0.15, 0.2) is 24.3 Å². The molecule has 2 nitrogen and oxygen atoms in total. The van der Waals surface area contributed by atoms with E-state index >= 15 is 0 Å². The van der Waals surface area contributed by atoms with Crippen molar-refractivity contribution in [3.63, 3.8) is 0 Å². The Morgan fingerprint density at radius 2 is 1.71 bits per heavy atom. The van der Waals surface area contributed by atoms with Crippen LogP contribution >= 0.6 is 11.6 Å². The number of halogens is 1. The number of hydrogen-bond donors (Lipinski definition) is 1. The Labute approximate surface area is 108 Å². The third-order valence-electron chi connectivity index (χ3n) is 4.31. The van der Waals surface area contributed by atoms with Crippen molar-refractivity contribution < 1.29 is 0 Å². The second-order valence-corrected chi connectivity index (χ2v) is 5.81. The second kappa shape index (κ2) is 4.51. The third kappa shape index (κ3) is 2.29. The maximum absolute atomic E-state index is 5.90. The Bertz CT molecular complexity index is 376. The highest BCUT2D eigenvalue weighted by atomic mass is 35.5. The van der Waals surface area contributed by atoms with Crippen molar-refractivity contribution >= 4 is 17.3 Å². The molecule has 0 aromatic heterocycles. The minimum absolute atomic E-state index is 0.630. The fourth-order valence-corrected chi connectivity index (χ4v) is 3.44. The fourth-order valence-electron chi connectivity index (χ4n) is 3.31. The first-order valence-electron chi connectivity index (χ1n) is 6.46. The van der Waals surface area contributed by atoms with Gasteiger partial charge in [-0.3, -0.25) is 0 Å². The Morgan fingerprint density at radius 1 is 1.12 bits per heavy atom. The summed E-state index contributed by atoms with van der Waals surface area (Å²) in [5.74, 6) is 0. The van der Waals surface area contributed by atoms with Gasteiger partial charge in [-0.25, -0.2) is 0 Å². The van der Waals surface area contributed by atoms with Crippen molar-refractivity contribution in [3.8, 4) is 0 Å². The van der Waals surface area contributed by atoms with Crippen LogP contribution in [-0.2, 0) is 0 Å². The lowest BCUT2D eigenvalue weighted by Crippen LogP contribution is -2.44. The normalized spacial score (nSPS) is 32.7. The molecule has 17 heavy (non-hydrogen) atoms. The Hall–Kier alpha value is -0.730. The molecule has 2 unspecified atom stereocenters. The number of rotatable bonds is 2. The lowest BCUT2D eigenvalue weighted by Gasteiger charge is -2.37. The fraction of sp³-hybridized carbons (Fsp3) is 0.571. The van der Waals surface area contributed by atoms with Gasteiger partial charge in [-0.2, -0.15) is 0 Å². The van der Waals surface area contributed by atoms with Crippen LogP contribution < -0.4 is 5.32 Å². The van der Waals surface area contributed by atoms with Gasteiger partial charge in [0.1, 0.15) is 0 Å². The molecular weight excluding hydrogens is 232 g/mol. The quantitative estimate of drug-likeness (QED) is 0.866. The third-order valence-corrected chi connectivity index (χ3v) is 4.57. The van der Waals surface area contributed by atoms with E-state index in [2.05, 4.69) is 29.4 Å². The molecule has 0 aliphatic carbocycles. The highest BCUT2D eigenvalue weighted by Gasteiger charge is 2.38. The molecule has 3 heteroatoms. The molecule has 2 aliphatic heterocycles. The maximum atomic E-state index is 5.90. The number of hydrogen-bond acceptors (Lipinski definition) is 2. The molecule has 0 saturated carbocycles. The summed E-state index contributed by atoms with van der Waals surface area (Å²) < 4.78 is 0. The standard InChI is InChI=1S/C14H19ClN2/c1-17-13-6-7-14(17)9-12(8-13)16-11-4-2-10(15)3-5-11/h2-5,12-14,16H,6-9H2,1H3. The lowest BCUT2D eigenvalue weighted by molar-refractivity contribution is 0.169. The smallest absolute Gasteiger partial charge is 0.0407 e. The molecule has 1 aromatic carbocycles. The molecule has 2 atom stereocenters. The van der Waals surface area contributed by atoms with Crippen LogP contribution in [0.4, 0.5) is 5.69 Å². The molecule has 2 saturated heterocycles. The highest BCUT2D eigenvalue weighted by molar-refractivity contribution is 6.30. The van der Waals surface area contributed by atoms with E-state index in [-0.39, 0.29) is 0 Å². The van der Waals surface area contributed by atoms with Crippen molar-refractivity contribution in [2.75, 3.05) is 12.4 Å². The first-order valence-corrected chi connectivity index (χ1v) is 6.84. The Morgan fingerprint density at radius 3 is 2.29 bits per heavy atom. The van der Waals surface area contributed by atoms with Crippen LogP contribution in [0.3, 0.4) is 0 Å². The van der Waals surface area contributed by atoms with E-state index < -0.39 is 0 Å². The molecule has 0 amide bonds. The van der Waals surface area contributed by atoms with E-state index in [4.69, 9.17) is 11.6 Å². The molecule has 1 aromatic rings. The predicted molar refractivity (Wildman–Crippen MR) is 72.7 cm³/mol. The summed E-state index contributed by atoms with van der Waals surface area (Å²) in [5, 5.41) is 4.45. The van der Waals surface area contributed by atoms with Gasteiger partial charge >= 0.3 is 0 Å². The Kier molecular flexibility index (Phi) is 3.01. The maximum Gasteiger partial charge on any atom is 0.0407 e. The van der Waals surface area contributed by atoms with Crippen LogP contribution in [0.1, 0.15) is 25.7 Å². The first-order chi connectivity index (χ1) is 8.22. The second-order valence-electron chi connectivity index (χ2n) is 5.37. The van der Waals surface area contributed by atoms with Crippen molar-refractivity contribution in [2.24, 2.45) is 0 Å². The minimum Gasteiger partial charge on any atom is -0.382 e. The van der Waals surface area contributed by atoms with Crippen LogP contribution in [-0.4, -0.2) is 30.1 Å². The van der Waals surface area contributed by atoms with Crippen molar-refractivity contribution in [1.29, 1.82) is 0 Å². The summed E-state index contributed by atoms with van der Waals surface area (Å²) in [6.45, 7) is 0. The van der Waals surface area contributed by atoms with Crippen molar-refractivity contribution in [1.82, 2.24) is 4.90 Å². The molecule has 2 fully saturated rings. The lowest BCUT2D eigenvalue weighted by atomic mass is 9.98. The van der Waals surface area contributed by atoms with E-state index in [1.807, 2.05) is 12.1 Å². The predicted octanol–water partition coefficient (Wildman–Crippen LogP) is 3.38. The zero-order valence-corrected chi connectivity index (χ0v) is 11.0. The molecule has 0 radical (unpaired) electrons. The van der Waals surface area contributed by atoms with Gasteiger partial charge in [0.2, 0.25) is 0 Å². The number of piperidine rings is 1. The highest BCUT2D eigenvalue weighted by Crippen LogP contribution is 2.35. The van der Waals surface area contributed by atoms with Crippen LogP contribution in [0.25, 0.3) is 0 Å². The molecule has 1 N–H and O–H groups in total. The number of nitrogens with one attached hydrogen (secondary N) is 1. The van der Waals surface area contributed by atoms with E-state index in [0.29, 0.717) is 6.04 Å². The van der Waals surface area contributed by atoms with Crippen molar-refractivity contribution in [2.45, 2.75) is 43.8 Å². The zero-order chi connectivity index (χ0) is 11.8. The average molecular weight is 251 g/mol. The van der Waals surface area contributed by atoms with Crippen LogP contribution in [0.2, 0.25) is 5.02 Å². The van der Waals surface area contributed by atoms with Gasteiger partial charge in [0.05, 0.1) is 0 Å². The van der Waals surface area contributed by atoms with Gasteiger partial charge in [0, 0.05) is 28.8 Å². The summed E-state index contributed by atoms with van der Waals surface area (Å²) in [6, 6.07) is 10.3. The topological polar surface area (TPSA) is 15.3 Å². The number of benzene rings is 1. The average Bonchev–Trinajstić information content (AvgIpc) is 2.55. The summed E-state index contributed by atoms with van der Waals surface area (Å²) in [5.41, 5.74) is 1.20. The van der Waals surface area contributed by atoms with Gasteiger partial charge < -0.3 is 10.2 Å². The monoisotopic (exact) mass is 250 g/mol. The molecular formula is C14H19ClN2. The number of nitrogens with zero attached hydrogens (tertiary/aromatic N) is 1.